The molecule has 1 aromatic rings. The minimum atomic E-state index is 0.672. The van der Waals surface area contributed by atoms with E-state index in [4.69, 9.17) is 11.5 Å². The Morgan fingerprint density at radius 1 is 1.27 bits per heavy atom. The fourth-order valence-electron chi connectivity index (χ4n) is 1.25. The lowest BCUT2D eigenvalue weighted by Gasteiger charge is -1.96. The van der Waals surface area contributed by atoms with Gasteiger partial charge >= 0.3 is 0 Å². The summed E-state index contributed by atoms with van der Waals surface area (Å²) in [7, 11) is 0. The number of rotatable bonds is 0. The quantitative estimate of drug-likeness (QED) is 0.533. The summed E-state index contributed by atoms with van der Waals surface area (Å²) in [6.07, 6.45) is 0.736. The van der Waals surface area contributed by atoms with Gasteiger partial charge in [-0.2, -0.15) is 0 Å². The first-order valence-electron chi connectivity index (χ1n) is 3.47. The summed E-state index contributed by atoms with van der Waals surface area (Å²) in [6, 6.07) is 5.64. The monoisotopic (exact) mass is 147 g/mol. The molecule has 0 radical (unpaired) electrons. The Labute approximate surface area is 64.7 Å². The number of nitrogens with two attached hydrogens (primary N) is 2. The normalized spacial score (nSPS) is 14.4. The summed E-state index contributed by atoms with van der Waals surface area (Å²) >= 11 is 0. The first-order chi connectivity index (χ1) is 5.25. The van der Waals surface area contributed by atoms with Crippen LogP contribution in [0.5, 0.6) is 0 Å². The van der Waals surface area contributed by atoms with Gasteiger partial charge < -0.3 is 11.5 Å². The van der Waals surface area contributed by atoms with Crippen molar-refractivity contribution in [2.45, 2.75) is 6.42 Å². The van der Waals surface area contributed by atoms with Gasteiger partial charge in [-0.25, -0.2) is 4.99 Å². The molecule has 2 rings (SSSR count). The Hall–Kier alpha value is -1.51. The number of fused-ring (bicyclic) bond motifs is 1. The van der Waals surface area contributed by atoms with E-state index in [2.05, 4.69) is 4.99 Å². The van der Waals surface area contributed by atoms with Crippen molar-refractivity contribution in [1.29, 1.82) is 0 Å². The molecule has 0 bridgehead atoms. The van der Waals surface area contributed by atoms with Crippen molar-refractivity contribution in [3.8, 4) is 0 Å². The SMILES string of the molecule is NC1=Nc2ccc(N)cc2C1. The molecule has 1 aliphatic rings. The van der Waals surface area contributed by atoms with Crippen LogP contribution in [0.2, 0.25) is 0 Å². The van der Waals surface area contributed by atoms with Crippen LogP contribution in [0.4, 0.5) is 11.4 Å². The molecule has 1 heterocycles. The van der Waals surface area contributed by atoms with Gasteiger partial charge in [-0.05, 0) is 23.8 Å². The van der Waals surface area contributed by atoms with E-state index in [0.717, 1.165) is 23.4 Å². The van der Waals surface area contributed by atoms with Crippen molar-refractivity contribution < 1.29 is 0 Å². The second-order valence-corrected chi connectivity index (χ2v) is 2.67. The van der Waals surface area contributed by atoms with Crippen molar-refractivity contribution in [2.24, 2.45) is 10.7 Å². The van der Waals surface area contributed by atoms with Crippen molar-refractivity contribution in [2.75, 3.05) is 5.73 Å². The molecule has 0 aromatic heterocycles. The lowest BCUT2D eigenvalue weighted by atomic mass is 10.1. The van der Waals surface area contributed by atoms with Gasteiger partial charge in [0.15, 0.2) is 0 Å². The van der Waals surface area contributed by atoms with Gasteiger partial charge in [0.1, 0.15) is 5.84 Å². The third-order valence-corrected chi connectivity index (χ3v) is 1.74. The molecule has 0 saturated heterocycles. The molecule has 0 unspecified atom stereocenters. The minimum absolute atomic E-state index is 0.672. The van der Waals surface area contributed by atoms with Gasteiger partial charge in [0.2, 0.25) is 0 Å². The van der Waals surface area contributed by atoms with E-state index < -0.39 is 0 Å². The number of nitrogens with zero attached hydrogens (tertiary/aromatic N) is 1. The van der Waals surface area contributed by atoms with E-state index in [0.29, 0.717) is 5.84 Å². The van der Waals surface area contributed by atoms with Crippen LogP contribution in [0.15, 0.2) is 23.2 Å². The second-order valence-electron chi connectivity index (χ2n) is 2.67. The van der Waals surface area contributed by atoms with Gasteiger partial charge in [-0.1, -0.05) is 0 Å². The molecular weight excluding hydrogens is 138 g/mol. The fraction of sp³-hybridized carbons (Fsp3) is 0.125. The molecule has 0 saturated carbocycles. The molecule has 56 valence electrons. The fourth-order valence-corrected chi connectivity index (χ4v) is 1.25. The van der Waals surface area contributed by atoms with Gasteiger partial charge in [0, 0.05) is 12.1 Å². The van der Waals surface area contributed by atoms with E-state index in [-0.39, 0.29) is 0 Å². The Kier molecular flexibility index (Phi) is 1.12. The summed E-state index contributed by atoms with van der Waals surface area (Å²) in [5, 5.41) is 0. The molecule has 0 spiro atoms. The largest absolute Gasteiger partial charge is 0.399 e. The Bertz CT molecular complexity index is 328. The van der Waals surface area contributed by atoms with E-state index in [1.54, 1.807) is 0 Å². The number of hydrogen-bond donors (Lipinski definition) is 2. The minimum Gasteiger partial charge on any atom is -0.399 e. The van der Waals surface area contributed by atoms with Crippen LogP contribution >= 0.6 is 0 Å². The third-order valence-electron chi connectivity index (χ3n) is 1.74. The van der Waals surface area contributed by atoms with Gasteiger partial charge in [0.25, 0.3) is 0 Å². The van der Waals surface area contributed by atoms with Crippen LogP contribution in [-0.2, 0) is 6.42 Å². The average Bonchev–Trinajstić information content (AvgIpc) is 2.27. The van der Waals surface area contributed by atoms with E-state index in [9.17, 15) is 0 Å². The predicted octanol–water partition coefficient (Wildman–Crippen LogP) is 0.814. The maximum absolute atomic E-state index is 5.58. The molecular formula is C8H9N3. The third kappa shape index (κ3) is 0.941. The van der Waals surface area contributed by atoms with E-state index in [1.807, 2.05) is 18.2 Å². The molecule has 3 nitrogen and oxygen atoms in total. The molecule has 0 amide bonds. The highest BCUT2D eigenvalue weighted by Crippen LogP contribution is 2.26. The topological polar surface area (TPSA) is 64.4 Å². The van der Waals surface area contributed by atoms with Crippen LogP contribution in [0.25, 0.3) is 0 Å². The molecule has 0 fully saturated rings. The van der Waals surface area contributed by atoms with Crippen molar-refractivity contribution in [3.05, 3.63) is 23.8 Å². The van der Waals surface area contributed by atoms with Crippen molar-refractivity contribution >= 4 is 17.2 Å². The zero-order chi connectivity index (χ0) is 7.84. The van der Waals surface area contributed by atoms with Gasteiger partial charge in [0.05, 0.1) is 5.69 Å². The summed E-state index contributed by atoms with van der Waals surface area (Å²) in [5.41, 5.74) is 14.0. The number of aliphatic imine (C=N–C) groups is 1. The summed E-state index contributed by atoms with van der Waals surface area (Å²) in [6.45, 7) is 0. The second kappa shape index (κ2) is 1.99. The lowest BCUT2D eigenvalue weighted by molar-refractivity contribution is 1.37. The number of anilines is 1. The molecule has 3 heteroatoms. The zero-order valence-corrected chi connectivity index (χ0v) is 6.04. The number of hydrogen-bond acceptors (Lipinski definition) is 3. The highest BCUT2D eigenvalue weighted by atomic mass is 14.9. The average molecular weight is 147 g/mol. The van der Waals surface area contributed by atoms with Crippen LogP contribution in [0.3, 0.4) is 0 Å². The highest BCUT2D eigenvalue weighted by Gasteiger charge is 2.10. The smallest absolute Gasteiger partial charge is 0.104 e. The van der Waals surface area contributed by atoms with Crippen LogP contribution in [0, 0.1) is 0 Å². The molecule has 4 N–H and O–H groups in total. The van der Waals surface area contributed by atoms with Crippen LogP contribution in [0.1, 0.15) is 5.56 Å². The first-order valence-corrected chi connectivity index (χ1v) is 3.47. The van der Waals surface area contributed by atoms with Crippen molar-refractivity contribution in [3.63, 3.8) is 0 Å². The molecule has 0 aliphatic carbocycles. The molecule has 1 aliphatic heterocycles. The van der Waals surface area contributed by atoms with Crippen molar-refractivity contribution in [1.82, 2.24) is 0 Å². The van der Waals surface area contributed by atoms with E-state index >= 15 is 0 Å². The van der Waals surface area contributed by atoms with Gasteiger partial charge in [-0.3, -0.25) is 0 Å². The van der Waals surface area contributed by atoms with Gasteiger partial charge in [-0.15, -0.1) is 0 Å². The summed E-state index contributed by atoms with van der Waals surface area (Å²) in [4.78, 5) is 4.13. The summed E-state index contributed by atoms with van der Waals surface area (Å²) < 4.78 is 0. The molecule has 0 atom stereocenters. The number of nitrogen functional groups attached to an aromatic ring is 1. The summed E-state index contributed by atoms with van der Waals surface area (Å²) in [5.74, 6) is 0.672. The van der Waals surface area contributed by atoms with Crippen LogP contribution < -0.4 is 11.5 Å². The number of benzene rings is 1. The molecule has 11 heavy (non-hydrogen) atoms. The maximum Gasteiger partial charge on any atom is 0.104 e. The number of amidine groups is 1. The highest BCUT2D eigenvalue weighted by molar-refractivity contribution is 5.91. The maximum atomic E-state index is 5.58. The van der Waals surface area contributed by atoms with E-state index in [1.165, 1.54) is 0 Å². The van der Waals surface area contributed by atoms with Crippen LogP contribution in [-0.4, -0.2) is 5.84 Å². The lowest BCUT2D eigenvalue weighted by Crippen LogP contribution is -2.09. The Morgan fingerprint density at radius 3 is 2.91 bits per heavy atom. The first kappa shape index (κ1) is 6.22. The zero-order valence-electron chi connectivity index (χ0n) is 6.04. The Morgan fingerprint density at radius 2 is 2.09 bits per heavy atom. The molecule has 1 aromatic carbocycles. The predicted molar refractivity (Wildman–Crippen MR) is 45.8 cm³/mol. The standard InChI is InChI=1S/C8H9N3/c9-6-1-2-7-5(3-6)4-8(10)11-7/h1-3H,4,9H2,(H2,10,11). The Balaban J connectivity index is 2.52.